The van der Waals surface area contributed by atoms with Gasteiger partial charge in [0.05, 0.1) is 17.9 Å². The molecule has 0 saturated carbocycles. The number of benzene rings is 2. The Labute approximate surface area is 155 Å². The molecule has 2 aliphatic heterocycles. The highest BCUT2D eigenvalue weighted by molar-refractivity contribution is 5.99. The molecule has 0 radical (unpaired) electrons. The van der Waals surface area contributed by atoms with Gasteiger partial charge in [-0.15, -0.1) is 0 Å². The van der Waals surface area contributed by atoms with Crippen molar-refractivity contribution in [3.63, 3.8) is 0 Å². The standard InChI is InChI=1S/C22H27N3O/c1-17-15-18-9-3-5-11-20(18)25(17)22(26)16-23-19-10-4-6-12-21(19)24-13-7-2-8-14-24/h3-6,9-12,17,23H,2,7-8,13-16H2,1H3/t17-/m0/s1. The second-order valence-electron chi connectivity index (χ2n) is 7.36. The van der Waals surface area contributed by atoms with Crippen molar-refractivity contribution in [2.45, 2.75) is 38.6 Å². The maximum absolute atomic E-state index is 12.9. The summed E-state index contributed by atoms with van der Waals surface area (Å²) < 4.78 is 0. The molecular weight excluding hydrogens is 322 g/mol. The lowest BCUT2D eigenvalue weighted by Crippen LogP contribution is -2.39. The fourth-order valence-electron chi connectivity index (χ4n) is 4.24. The van der Waals surface area contributed by atoms with E-state index < -0.39 is 0 Å². The van der Waals surface area contributed by atoms with E-state index in [1.807, 2.05) is 23.1 Å². The summed E-state index contributed by atoms with van der Waals surface area (Å²) in [6.07, 6.45) is 4.74. The lowest BCUT2D eigenvalue weighted by Gasteiger charge is -2.31. The zero-order valence-electron chi connectivity index (χ0n) is 15.4. The third-order valence-electron chi connectivity index (χ3n) is 5.51. The molecule has 1 N–H and O–H groups in total. The maximum atomic E-state index is 12.9. The van der Waals surface area contributed by atoms with Crippen molar-refractivity contribution >= 4 is 23.0 Å². The molecule has 1 fully saturated rings. The van der Waals surface area contributed by atoms with Crippen molar-refractivity contribution < 1.29 is 4.79 Å². The number of rotatable bonds is 4. The third-order valence-corrected chi connectivity index (χ3v) is 5.51. The summed E-state index contributed by atoms with van der Waals surface area (Å²) in [6.45, 7) is 4.65. The average molecular weight is 349 g/mol. The molecule has 4 heteroatoms. The van der Waals surface area contributed by atoms with E-state index in [0.29, 0.717) is 6.54 Å². The minimum absolute atomic E-state index is 0.135. The second-order valence-corrected chi connectivity index (χ2v) is 7.36. The van der Waals surface area contributed by atoms with Crippen LogP contribution in [0.4, 0.5) is 17.1 Å². The minimum atomic E-state index is 0.135. The Morgan fingerprint density at radius 1 is 1.00 bits per heavy atom. The number of para-hydroxylation sites is 3. The Morgan fingerprint density at radius 2 is 1.69 bits per heavy atom. The van der Waals surface area contributed by atoms with E-state index in [-0.39, 0.29) is 11.9 Å². The van der Waals surface area contributed by atoms with Gasteiger partial charge in [0.25, 0.3) is 0 Å². The van der Waals surface area contributed by atoms with Gasteiger partial charge < -0.3 is 15.1 Å². The van der Waals surface area contributed by atoms with Crippen molar-refractivity contribution in [2.24, 2.45) is 0 Å². The Hall–Kier alpha value is -2.49. The molecule has 1 saturated heterocycles. The van der Waals surface area contributed by atoms with Crippen LogP contribution < -0.4 is 15.1 Å². The highest BCUT2D eigenvalue weighted by Gasteiger charge is 2.30. The largest absolute Gasteiger partial charge is 0.374 e. The summed E-state index contributed by atoms with van der Waals surface area (Å²) in [5, 5.41) is 3.41. The Balaban J connectivity index is 1.47. The monoisotopic (exact) mass is 349 g/mol. The number of hydrogen-bond acceptors (Lipinski definition) is 3. The van der Waals surface area contributed by atoms with Crippen LogP contribution in [-0.4, -0.2) is 31.6 Å². The van der Waals surface area contributed by atoms with Crippen molar-refractivity contribution in [3.05, 3.63) is 54.1 Å². The number of nitrogens with one attached hydrogen (secondary N) is 1. The molecular formula is C22H27N3O. The topological polar surface area (TPSA) is 35.6 Å². The van der Waals surface area contributed by atoms with E-state index in [4.69, 9.17) is 0 Å². The maximum Gasteiger partial charge on any atom is 0.246 e. The molecule has 0 aromatic heterocycles. The summed E-state index contributed by atoms with van der Waals surface area (Å²) in [5.41, 5.74) is 4.61. The molecule has 2 aromatic rings. The van der Waals surface area contributed by atoms with Gasteiger partial charge in [0.1, 0.15) is 0 Å². The van der Waals surface area contributed by atoms with Crippen LogP contribution in [-0.2, 0) is 11.2 Å². The van der Waals surface area contributed by atoms with E-state index in [0.717, 1.165) is 30.9 Å². The number of nitrogens with zero attached hydrogens (tertiary/aromatic N) is 2. The first kappa shape index (κ1) is 17.0. The smallest absolute Gasteiger partial charge is 0.246 e. The lowest BCUT2D eigenvalue weighted by atomic mass is 10.1. The van der Waals surface area contributed by atoms with Crippen molar-refractivity contribution in [3.8, 4) is 0 Å². The van der Waals surface area contributed by atoms with E-state index in [1.165, 1.54) is 30.5 Å². The molecule has 1 atom stereocenters. The first-order valence-electron chi connectivity index (χ1n) is 9.72. The predicted octanol–water partition coefficient (Wildman–Crippen LogP) is 4.07. The number of carbonyl (C=O) groups is 1. The molecule has 136 valence electrons. The Bertz CT molecular complexity index is 782. The molecule has 0 aliphatic carbocycles. The molecule has 4 rings (SSSR count). The van der Waals surface area contributed by atoms with Gasteiger partial charge in [0, 0.05) is 24.8 Å². The molecule has 0 spiro atoms. The van der Waals surface area contributed by atoms with Crippen LogP contribution in [0, 0.1) is 0 Å². The van der Waals surface area contributed by atoms with Gasteiger partial charge in [0.15, 0.2) is 0 Å². The summed E-state index contributed by atoms with van der Waals surface area (Å²) in [6, 6.07) is 16.8. The highest BCUT2D eigenvalue weighted by Crippen LogP contribution is 2.32. The van der Waals surface area contributed by atoms with E-state index >= 15 is 0 Å². The minimum Gasteiger partial charge on any atom is -0.374 e. The van der Waals surface area contributed by atoms with Crippen LogP contribution in [0.5, 0.6) is 0 Å². The van der Waals surface area contributed by atoms with Crippen molar-refractivity contribution in [1.29, 1.82) is 0 Å². The van der Waals surface area contributed by atoms with E-state index in [1.54, 1.807) is 0 Å². The van der Waals surface area contributed by atoms with Gasteiger partial charge in [-0.3, -0.25) is 4.79 Å². The quantitative estimate of drug-likeness (QED) is 0.904. The van der Waals surface area contributed by atoms with E-state index in [2.05, 4.69) is 47.5 Å². The second kappa shape index (κ2) is 7.40. The predicted molar refractivity (Wildman–Crippen MR) is 108 cm³/mol. The summed E-state index contributed by atoms with van der Waals surface area (Å²) in [4.78, 5) is 17.3. The number of amides is 1. The fourth-order valence-corrected chi connectivity index (χ4v) is 4.24. The zero-order valence-corrected chi connectivity index (χ0v) is 15.4. The molecule has 1 amide bonds. The highest BCUT2D eigenvalue weighted by atomic mass is 16.2. The van der Waals surface area contributed by atoms with Crippen LogP contribution in [0.2, 0.25) is 0 Å². The molecule has 2 heterocycles. The molecule has 4 nitrogen and oxygen atoms in total. The number of carbonyl (C=O) groups excluding carboxylic acids is 1. The number of anilines is 3. The van der Waals surface area contributed by atoms with Crippen LogP contribution >= 0.6 is 0 Å². The van der Waals surface area contributed by atoms with Gasteiger partial charge in [-0.2, -0.15) is 0 Å². The Morgan fingerprint density at radius 3 is 2.50 bits per heavy atom. The van der Waals surface area contributed by atoms with Crippen LogP contribution in [0.15, 0.2) is 48.5 Å². The normalized spacial score (nSPS) is 19.3. The van der Waals surface area contributed by atoms with Crippen molar-refractivity contribution in [1.82, 2.24) is 0 Å². The SMILES string of the molecule is C[C@H]1Cc2ccccc2N1C(=O)CNc1ccccc1N1CCCCC1. The first-order valence-corrected chi connectivity index (χ1v) is 9.72. The summed E-state index contributed by atoms with van der Waals surface area (Å²) in [5.74, 6) is 0.135. The van der Waals surface area contributed by atoms with Gasteiger partial charge in [-0.1, -0.05) is 30.3 Å². The molecule has 2 aliphatic rings. The third kappa shape index (κ3) is 3.28. The molecule has 0 bridgehead atoms. The zero-order chi connectivity index (χ0) is 17.9. The summed E-state index contributed by atoms with van der Waals surface area (Å²) >= 11 is 0. The number of piperidine rings is 1. The van der Waals surface area contributed by atoms with Gasteiger partial charge in [-0.05, 0) is 56.4 Å². The van der Waals surface area contributed by atoms with Gasteiger partial charge in [0.2, 0.25) is 5.91 Å². The number of hydrogen-bond donors (Lipinski definition) is 1. The Kier molecular flexibility index (Phi) is 4.83. The average Bonchev–Trinajstić information content (AvgIpc) is 3.03. The van der Waals surface area contributed by atoms with Gasteiger partial charge >= 0.3 is 0 Å². The molecule has 0 unspecified atom stereocenters. The molecule has 26 heavy (non-hydrogen) atoms. The summed E-state index contributed by atoms with van der Waals surface area (Å²) in [7, 11) is 0. The molecule has 2 aromatic carbocycles. The van der Waals surface area contributed by atoms with Crippen LogP contribution in [0.3, 0.4) is 0 Å². The van der Waals surface area contributed by atoms with Crippen LogP contribution in [0.1, 0.15) is 31.7 Å². The van der Waals surface area contributed by atoms with E-state index in [9.17, 15) is 4.79 Å². The number of fused-ring (bicyclic) bond motifs is 1. The fraction of sp³-hybridized carbons (Fsp3) is 0.409. The lowest BCUT2D eigenvalue weighted by molar-refractivity contribution is -0.117. The first-order chi connectivity index (χ1) is 12.7. The van der Waals surface area contributed by atoms with Crippen LogP contribution in [0.25, 0.3) is 0 Å². The van der Waals surface area contributed by atoms with Gasteiger partial charge in [-0.25, -0.2) is 0 Å². The van der Waals surface area contributed by atoms with Crippen molar-refractivity contribution in [2.75, 3.05) is 34.8 Å².